The molecule has 1 radical (unpaired) electrons. The van der Waals surface area contributed by atoms with Crippen LogP contribution in [0.25, 0.3) is 0 Å². The molecule has 0 N–H and O–H groups in total. The second-order valence-corrected chi connectivity index (χ2v) is 1.09. The Morgan fingerprint density at radius 1 is 1.88 bits per heavy atom. The molecule has 0 bridgehead atoms. The van der Waals surface area contributed by atoms with E-state index in [1.807, 2.05) is 6.92 Å². The Morgan fingerprint density at radius 3 is 3.25 bits per heavy atom. The highest BCUT2D eigenvalue weighted by molar-refractivity contribution is 4.75. The van der Waals surface area contributed by atoms with E-state index < -0.39 is 0 Å². The number of hydrogen-bond acceptors (Lipinski definition) is 4. The van der Waals surface area contributed by atoms with Crippen molar-refractivity contribution < 1.29 is 9.15 Å². The molecule has 1 aromatic rings. The fraction of sp³-hybridized carbons (Fsp3) is 0.500. The van der Waals surface area contributed by atoms with Crippen molar-refractivity contribution in [2.24, 2.45) is 0 Å². The Labute approximate surface area is 46.5 Å². The van der Waals surface area contributed by atoms with Crippen molar-refractivity contribution in [1.29, 1.82) is 0 Å². The predicted octanol–water partition coefficient (Wildman–Crippen LogP) is 0.268. The van der Waals surface area contributed by atoms with Crippen LogP contribution in [-0.2, 0) is 0 Å². The summed E-state index contributed by atoms with van der Waals surface area (Å²) < 4.78 is 9.28. The Hall–Kier alpha value is -1.06. The number of nitrogens with zero attached hydrogens (tertiary/aromatic N) is 2. The largest absolute Gasteiger partial charge is 0.449 e. The van der Waals surface area contributed by atoms with Gasteiger partial charge in [0, 0.05) is 0 Å². The van der Waals surface area contributed by atoms with Crippen molar-refractivity contribution >= 4 is 0 Å². The van der Waals surface area contributed by atoms with Crippen LogP contribution in [0.1, 0.15) is 6.92 Å². The van der Waals surface area contributed by atoms with Gasteiger partial charge in [-0.05, 0) is 6.92 Å². The summed E-state index contributed by atoms with van der Waals surface area (Å²) in [5.74, 6) is 0. The number of rotatable bonds is 2. The summed E-state index contributed by atoms with van der Waals surface area (Å²) in [4.78, 5) is 0. The highest BCUT2D eigenvalue weighted by atomic mass is 16.6. The lowest BCUT2D eigenvalue weighted by atomic mass is 10.9. The van der Waals surface area contributed by atoms with Crippen LogP contribution in [0.15, 0.2) is 4.42 Å². The Bertz CT molecular complexity index is 138. The van der Waals surface area contributed by atoms with E-state index >= 15 is 0 Å². The third kappa shape index (κ3) is 0.959. The molecule has 43 valence electrons. The van der Waals surface area contributed by atoms with Gasteiger partial charge in [-0.1, -0.05) is 10.2 Å². The Kier molecular flexibility index (Phi) is 1.46. The molecule has 0 fully saturated rings. The van der Waals surface area contributed by atoms with E-state index in [0.717, 1.165) is 0 Å². The van der Waals surface area contributed by atoms with Gasteiger partial charge in [0.25, 0.3) is 0 Å². The summed E-state index contributed by atoms with van der Waals surface area (Å²) in [6.45, 7) is 2.38. The molecule has 0 unspecified atom stereocenters. The van der Waals surface area contributed by atoms with Gasteiger partial charge in [0.15, 0.2) is 0 Å². The molecule has 4 heteroatoms. The van der Waals surface area contributed by atoms with Crippen LogP contribution >= 0.6 is 0 Å². The van der Waals surface area contributed by atoms with E-state index in [1.165, 1.54) is 0 Å². The summed E-state index contributed by atoms with van der Waals surface area (Å²) in [6, 6.07) is 0. The molecule has 1 aromatic heterocycles. The summed E-state index contributed by atoms with van der Waals surface area (Å²) in [5.41, 5.74) is 0. The van der Waals surface area contributed by atoms with Gasteiger partial charge in [-0.2, -0.15) is 0 Å². The molecule has 0 aliphatic heterocycles. The molecule has 0 saturated carbocycles. The summed E-state index contributed by atoms with van der Waals surface area (Å²) in [5, 5.41) is 6.69. The first-order valence-corrected chi connectivity index (χ1v) is 2.26. The molecule has 0 aromatic carbocycles. The van der Waals surface area contributed by atoms with E-state index in [2.05, 4.69) is 21.0 Å². The van der Waals surface area contributed by atoms with Crippen molar-refractivity contribution in [3.63, 3.8) is 0 Å². The van der Waals surface area contributed by atoms with Gasteiger partial charge < -0.3 is 9.15 Å². The van der Waals surface area contributed by atoms with Crippen molar-refractivity contribution in [3.8, 4) is 6.08 Å². The first kappa shape index (κ1) is 5.08. The molecular formula is C4H5N2O2. The molecule has 0 spiro atoms. The zero-order valence-corrected chi connectivity index (χ0v) is 4.42. The van der Waals surface area contributed by atoms with Crippen molar-refractivity contribution in [1.82, 2.24) is 10.2 Å². The number of ether oxygens (including phenoxy) is 1. The maximum atomic E-state index is 4.77. The van der Waals surface area contributed by atoms with Crippen molar-refractivity contribution in [3.05, 3.63) is 6.39 Å². The van der Waals surface area contributed by atoms with Crippen LogP contribution in [0, 0.1) is 6.39 Å². The van der Waals surface area contributed by atoms with Crippen LogP contribution in [0.5, 0.6) is 6.08 Å². The maximum Gasteiger partial charge on any atom is 0.415 e. The third-order valence-corrected chi connectivity index (χ3v) is 0.573. The minimum atomic E-state index is 0.174. The van der Waals surface area contributed by atoms with Gasteiger partial charge in [-0.25, -0.2) is 0 Å². The first-order chi connectivity index (χ1) is 3.93. The molecule has 1 rings (SSSR count). The van der Waals surface area contributed by atoms with Gasteiger partial charge in [-0.15, -0.1) is 0 Å². The minimum Gasteiger partial charge on any atom is -0.449 e. The van der Waals surface area contributed by atoms with Crippen LogP contribution in [0.3, 0.4) is 0 Å². The maximum absolute atomic E-state index is 4.77. The lowest BCUT2D eigenvalue weighted by Gasteiger charge is -1.88. The summed E-state index contributed by atoms with van der Waals surface area (Å²) >= 11 is 0. The molecule has 0 amide bonds. The van der Waals surface area contributed by atoms with E-state index in [0.29, 0.717) is 6.61 Å². The molecule has 8 heavy (non-hydrogen) atoms. The standard InChI is InChI=1S/C4H5N2O2/c1-2-7-4-6-5-3-8-4/h2H2,1H3. The van der Waals surface area contributed by atoms with Crippen LogP contribution in [0.2, 0.25) is 0 Å². The molecule has 4 nitrogen and oxygen atoms in total. The van der Waals surface area contributed by atoms with Crippen LogP contribution < -0.4 is 4.74 Å². The molecule has 0 atom stereocenters. The van der Waals surface area contributed by atoms with Gasteiger partial charge in [0.1, 0.15) is 0 Å². The SMILES string of the molecule is CCOc1nn[c]o1. The molecular weight excluding hydrogens is 108 g/mol. The molecule has 0 aliphatic carbocycles. The lowest BCUT2D eigenvalue weighted by Crippen LogP contribution is -1.90. The molecule has 0 aliphatic rings. The minimum absolute atomic E-state index is 0.174. The van der Waals surface area contributed by atoms with E-state index in [1.54, 1.807) is 0 Å². The fourth-order valence-electron chi connectivity index (χ4n) is 0.323. The Balaban J connectivity index is 2.50. The van der Waals surface area contributed by atoms with Crippen molar-refractivity contribution in [2.45, 2.75) is 6.92 Å². The van der Waals surface area contributed by atoms with E-state index in [9.17, 15) is 0 Å². The highest BCUT2D eigenvalue weighted by Crippen LogP contribution is 1.99. The zero-order chi connectivity index (χ0) is 5.82. The van der Waals surface area contributed by atoms with Gasteiger partial charge in [-0.3, -0.25) is 0 Å². The van der Waals surface area contributed by atoms with Crippen molar-refractivity contribution in [2.75, 3.05) is 6.61 Å². The smallest absolute Gasteiger partial charge is 0.415 e. The average Bonchev–Trinajstić information content (AvgIpc) is 2.19. The normalized spacial score (nSPS) is 9.12. The number of hydrogen-bond donors (Lipinski definition) is 0. The van der Waals surface area contributed by atoms with Crippen LogP contribution in [-0.4, -0.2) is 16.8 Å². The second kappa shape index (κ2) is 2.30. The lowest BCUT2D eigenvalue weighted by molar-refractivity contribution is 0.243. The zero-order valence-electron chi connectivity index (χ0n) is 4.42. The topological polar surface area (TPSA) is 48.2 Å². The van der Waals surface area contributed by atoms with E-state index in [-0.39, 0.29) is 6.08 Å². The third-order valence-electron chi connectivity index (χ3n) is 0.573. The quantitative estimate of drug-likeness (QED) is 0.552. The molecule has 1 heterocycles. The first-order valence-electron chi connectivity index (χ1n) is 2.26. The summed E-state index contributed by atoms with van der Waals surface area (Å²) in [6.07, 6.45) is 2.33. The second-order valence-electron chi connectivity index (χ2n) is 1.09. The average molecular weight is 113 g/mol. The fourth-order valence-corrected chi connectivity index (χ4v) is 0.323. The molecule has 0 saturated heterocycles. The summed E-state index contributed by atoms with van der Waals surface area (Å²) in [7, 11) is 0. The van der Waals surface area contributed by atoms with Gasteiger partial charge >= 0.3 is 12.5 Å². The highest BCUT2D eigenvalue weighted by Gasteiger charge is 1.93. The monoisotopic (exact) mass is 113 g/mol. The van der Waals surface area contributed by atoms with E-state index in [4.69, 9.17) is 4.74 Å². The van der Waals surface area contributed by atoms with Gasteiger partial charge in [0.05, 0.1) is 6.61 Å². The van der Waals surface area contributed by atoms with Gasteiger partial charge in [0.2, 0.25) is 0 Å². The van der Waals surface area contributed by atoms with Crippen LogP contribution in [0.4, 0.5) is 0 Å². The number of aromatic nitrogens is 2. The predicted molar refractivity (Wildman–Crippen MR) is 24.3 cm³/mol. The Morgan fingerprint density at radius 2 is 2.75 bits per heavy atom.